The van der Waals surface area contributed by atoms with E-state index in [9.17, 15) is 0 Å². The first-order valence-electron chi connectivity index (χ1n) is 9.96. The standard InChI is InChI=1S/C22H21ClN6O/c23-18-4-5-20(30-16-6-9-24-10-7-16)21-17(18)13-25-22(28-21)27-15-3-1-2-14(12-15)19-8-11-26-29-19/h1-5,8,11-13,16,24H,6-7,9-10H2,(H,26,29)(H,25,27,28). The van der Waals surface area contributed by atoms with Crippen molar-refractivity contribution in [2.75, 3.05) is 18.4 Å². The molecule has 4 aromatic rings. The van der Waals surface area contributed by atoms with Crippen LogP contribution >= 0.6 is 11.6 Å². The number of fused-ring (bicyclic) bond motifs is 1. The van der Waals surface area contributed by atoms with Crippen LogP contribution in [0.3, 0.4) is 0 Å². The Kier molecular flexibility index (Phi) is 5.21. The molecule has 0 amide bonds. The number of aromatic amines is 1. The highest BCUT2D eigenvalue weighted by atomic mass is 35.5. The van der Waals surface area contributed by atoms with Crippen LogP contribution in [0.1, 0.15) is 12.8 Å². The van der Waals surface area contributed by atoms with Crippen molar-refractivity contribution in [1.29, 1.82) is 0 Å². The molecular formula is C22H21ClN6O. The van der Waals surface area contributed by atoms with E-state index in [1.54, 1.807) is 12.4 Å². The minimum absolute atomic E-state index is 0.174. The second kappa shape index (κ2) is 8.30. The lowest BCUT2D eigenvalue weighted by atomic mass is 10.1. The number of nitrogens with one attached hydrogen (secondary N) is 3. The minimum atomic E-state index is 0.174. The van der Waals surface area contributed by atoms with Crippen molar-refractivity contribution in [3.05, 3.63) is 59.9 Å². The number of nitrogens with zero attached hydrogens (tertiary/aromatic N) is 3. The number of aromatic nitrogens is 4. The molecule has 0 atom stereocenters. The van der Waals surface area contributed by atoms with Crippen molar-refractivity contribution in [2.45, 2.75) is 18.9 Å². The first kappa shape index (κ1) is 18.8. The molecule has 152 valence electrons. The van der Waals surface area contributed by atoms with Crippen LogP contribution in [0.5, 0.6) is 5.75 Å². The predicted molar refractivity (Wildman–Crippen MR) is 118 cm³/mol. The number of benzene rings is 2. The number of hydrogen-bond acceptors (Lipinski definition) is 6. The highest BCUT2D eigenvalue weighted by Gasteiger charge is 2.17. The second-order valence-electron chi connectivity index (χ2n) is 7.23. The summed E-state index contributed by atoms with van der Waals surface area (Å²) in [5.74, 6) is 1.22. The smallest absolute Gasteiger partial charge is 0.227 e. The van der Waals surface area contributed by atoms with E-state index in [0.29, 0.717) is 16.5 Å². The number of piperidine rings is 1. The van der Waals surface area contributed by atoms with E-state index in [0.717, 1.165) is 54.0 Å². The molecule has 3 N–H and O–H groups in total. The highest BCUT2D eigenvalue weighted by Crippen LogP contribution is 2.32. The lowest BCUT2D eigenvalue weighted by Gasteiger charge is -2.24. The van der Waals surface area contributed by atoms with Crippen LogP contribution in [0.2, 0.25) is 5.02 Å². The van der Waals surface area contributed by atoms with Gasteiger partial charge in [-0.25, -0.2) is 9.97 Å². The molecule has 0 saturated carbocycles. The van der Waals surface area contributed by atoms with Gasteiger partial charge in [-0.1, -0.05) is 23.7 Å². The number of rotatable bonds is 5. The molecule has 0 unspecified atom stereocenters. The van der Waals surface area contributed by atoms with Crippen molar-refractivity contribution in [2.24, 2.45) is 0 Å². The maximum absolute atomic E-state index is 6.39. The van der Waals surface area contributed by atoms with Crippen molar-refractivity contribution in [3.8, 4) is 17.0 Å². The Bertz CT molecular complexity index is 1160. The van der Waals surface area contributed by atoms with Gasteiger partial charge in [-0.05, 0) is 56.3 Å². The van der Waals surface area contributed by atoms with Crippen LogP contribution in [0.25, 0.3) is 22.2 Å². The first-order valence-corrected chi connectivity index (χ1v) is 10.3. The monoisotopic (exact) mass is 420 g/mol. The summed E-state index contributed by atoms with van der Waals surface area (Å²) in [6, 6.07) is 13.6. The SMILES string of the molecule is Clc1ccc(OC2CCNCC2)c2nc(Nc3cccc(-c4cc[nH]n4)c3)ncc12. The Balaban J connectivity index is 1.45. The van der Waals surface area contributed by atoms with E-state index in [-0.39, 0.29) is 6.10 Å². The molecule has 30 heavy (non-hydrogen) atoms. The largest absolute Gasteiger partial charge is 0.488 e. The highest BCUT2D eigenvalue weighted by molar-refractivity contribution is 6.35. The maximum Gasteiger partial charge on any atom is 0.227 e. The molecular weight excluding hydrogens is 400 g/mol. The Hall–Kier alpha value is -3.16. The van der Waals surface area contributed by atoms with Crippen molar-refractivity contribution >= 4 is 34.1 Å². The van der Waals surface area contributed by atoms with Gasteiger partial charge in [0.2, 0.25) is 5.95 Å². The van der Waals surface area contributed by atoms with Gasteiger partial charge in [-0.2, -0.15) is 5.10 Å². The summed E-state index contributed by atoms with van der Waals surface area (Å²) in [7, 11) is 0. The van der Waals surface area contributed by atoms with E-state index in [1.165, 1.54) is 0 Å². The Morgan fingerprint density at radius 2 is 2.00 bits per heavy atom. The zero-order valence-electron chi connectivity index (χ0n) is 16.2. The van der Waals surface area contributed by atoms with Crippen molar-refractivity contribution in [1.82, 2.24) is 25.5 Å². The van der Waals surface area contributed by atoms with Crippen LogP contribution in [0.4, 0.5) is 11.6 Å². The predicted octanol–water partition coefficient (Wildman–Crippen LogP) is 4.55. The number of anilines is 2. The van der Waals surface area contributed by atoms with Crippen LogP contribution in [0.15, 0.2) is 54.9 Å². The summed E-state index contributed by atoms with van der Waals surface area (Å²) in [5, 5.41) is 15.1. The van der Waals surface area contributed by atoms with Gasteiger partial charge < -0.3 is 15.4 Å². The molecule has 0 bridgehead atoms. The summed E-state index contributed by atoms with van der Waals surface area (Å²) in [6.45, 7) is 1.93. The van der Waals surface area contributed by atoms with Gasteiger partial charge in [0.15, 0.2) is 0 Å². The summed E-state index contributed by atoms with van der Waals surface area (Å²) < 4.78 is 6.27. The maximum atomic E-state index is 6.39. The first-order chi connectivity index (χ1) is 14.8. The molecule has 2 aromatic carbocycles. The molecule has 1 aliphatic heterocycles. The zero-order chi connectivity index (χ0) is 20.3. The quantitative estimate of drug-likeness (QED) is 0.439. The average Bonchev–Trinajstić information content (AvgIpc) is 3.32. The van der Waals surface area contributed by atoms with Crippen molar-refractivity contribution < 1.29 is 4.74 Å². The van der Waals surface area contributed by atoms with E-state index < -0.39 is 0 Å². The third-order valence-corrected chi connectivity index (χ3v) is 5.49. The molecule has 8 heteroatoms. The summed E-state index contributed by atoms with van der Waals surface area (Å²) >= 11 is 6.39. The van der Waals surface area contributed by atoms with Crippen LogP contribution < -0.4 is 15.4 Å². The zero-order valence-corrected chi connectivity index (χ0v) is 17.0. The van der Waals surface area contributed by atoms with Gasteiger partial charge >= 0.3 is 0 Å². The van der Waals surface area contributed by atoms with Gasteiger partial charge in [0.25, 0.3) is 0 Å². The molecule has 2 aromatic heterocycles. The number of hydrogen-bond donors (Lipinski definition) is 3. The Morgan fingerprint density at radius 3 is 2.83 bits per heavy atom. The fourth-order valence-electron chi connectivity index (χ4n) is 3.62. The lowest BCUT2D eigenvalue weighted by Crippen LogP contribution is -2.34. The summed E-state index contributed by atoms with van der Waals surface area (Å²) in [4.78, 5) is 9.17. The molecule has 1 aliphatic rings. The normalized spacial score (nSPS) is 14.7. The van der Waals surface area contributed by atoms with E-state index >= 15 is 0 Å². The van der Waals surface area contributed by atoms with E-state index in [1.807, 2.05) is 42.5 Å². The molecule has 0 radical (unpaired) electrons. The Labute approximate surface area is 178 Å². The van der Waals surface area contributed by atoms with Gasteiger partial charge in [0, 0.05) is 29.0 Å². The third kappa shape index (κ3) is 3.94. The van der Waals surface area contributed by atoms with Crippen LogP contribution in [0, 0.1) is 0 Å². The Morgan fingerprint density at radius 1 is 1.10 bits per heavy atom. The molecule has 0 spiro atoms. The van der Waals surface area contributed by atoms with E-state index in [2.05, 4.69) is 25.8 Å². The van der Waals surface area contributed by atoms with Gasteiger partial charge in [0.1, 0.15) is 17.4 Å². The number of halogens is 1. The second-order valence-corrected chi connectivity index (χ2v) is 7.64. The lowest BCUT2D eigenvalue weighted by molar-refractivity contribution is 0.164. The molecule has 7 nitrogen and oxygen atoms in total. The summed E-state index contributed by atoms with van der Waals surface area (Å²) in [6.07, 6.45) is 5.66. The summed E-state index contributed by atoms with van der Waals surface area (Å²) in [5.41, 5.74) is 3.46. The number of ether oxygens (including phenoxy) is 1. The van der Waals surface area contributed by atoms with Gasteiger partial charge in [-0.3, -0.25) is 5.10 Å². The van der Waals surface area contributed by atoms with Crippen LogP contribution in [-0.2, 0) is 0 Å². The fourth-order valence-corrected chi connectivity index (χ4v) is 3.82. The van der Waals surface area contributed by atoms with Gasteiger partial charge in [-0.15, -0.1) is 0 Å². The van der Waals surface area contributed by atoms with Gasteiger partial charge in [0.05, 0.1) is 10.7 Å². The minimum Gasteiger partial charge on any atom is -0.488 e. The topological polar surface area (TPSA) is 87.8 Å². The number of H-pyrrole nitrogens is 1. The molecule has 3 heterocycles. The molecule has 5 rings (SSSR count). The molecule has 1 saturated heterocycles. The van der Waals surface area contributed by atoms with Crippen molar-refractivity contribution in [3.63, 3.8) is 0 Å². The molecule has 1 fully saturated rings. The molecule has 0 aliphatic carbocycles. The fraction of sp³-hybridized carbons (Fsp3) is 0.227. The van der Waals surface area contributed by atoms with E-state index in [4.69, 9.17) is 21.3 Å². The third-order valence-electron chi connectivity index (χ3n) is 5.16. The van der Waals surface area contributed by atoms with Crippen LogP contribution in [-0.4, -0.2) is 39.4 Å². The average molecular weight is 421 g/mol.